The normalized spacial score (nSPS) is 19.2. The first-order valence-corrected chi connectivity index (χ1v) is 13.4. The maximum atomic E-state index is 11.7. The summed E-state index contributed by atoms with van der Waals surface area (Å²) in [6.45, 7) is 5.82. The summed E-state index contributed by atoms with van der Waals surface area (Å²) in [5.41, 5.74) is 2.32. The van der Waals surface area contributed by atoms with Crippen LogP contribution >= 0.6 is 0 Å². The van der Waals surface area contributed by atoms with Crippen molar-refractivity contribution in [3.05, 3.63) is 41.9 Å². The number of aromatic nitrogens is 3. The van der Waals surface area contributed by atoms with Gasteiger partial charge >= 0.3 is 0 Å². The van der Waals surface area contributed by atoms with Crippen LogP contribution in [0.25, 0.3) is 0 Å². The van der Waals surface area contributed by atoms with Crippen molar-refractivity contribution in [2.75, 3.05) is 43.9 Å². The van der Waals surface area contributed by atoms with E-state index in [4.69, 9.17) is 4.74 Å². The zero-order valence-corrected chi connectivity index (χ0v) is 19.8. The lowest BCUT2D eigenvalue weighted by Crippen LogP contribution is -2.37. The van der Waals surface area contributed by atoms with Crippen LogP contribution in [0.2, 0.25) is 0 Å². The second kappa shape index (κ2) is 10.1. The van der Waals surface area contributed by atoms with Crippen LogP contribution in [0.4, 0.5) is 5.95 Å². The molecule has 0 unspecified atom stereocenters. The molecule has 174 valence electrons. The Balaban J connectivity index is 1.21. The van der Waals surface area contributed by atoms with Gasteiger partial charge in [-0.2, -0.15) is 0 Å². The Labute approximate surface area is 191 Å². The third kappa shape index (κ3) is 5.75. The van der Waals surface area contributed by atoms with Crippen molar-refractivity contribution in [2.24, 2.45) is 5.92 Å². The molecule has 0 spiro atoms. The highest BCUT2D eigenvalue weighted by Crippen LogP contribution is 2.29. The van der Waals surface area contributed by atoms with Gasteiger partial charge in [-0.3, -0.25) is 0 Å². The van der Waals surface area contributed by atoms with Crippen LogP contribution in [0.5, 0.6) is 5.88 Å². The van der Waals surface area contributed by atoms with Gasteiger partial charge in [0.05, 0.1) is 12.9 Å². The van der Waals surface area contributed by atoms with E-state index in [0.29, 0.717) is 37.4 Å². The molecule has 9 heteroatoms. The number of pyridine rings is 1. The van der Waals surface area contributed by atoms with Crippen molar-refractivity contribution in [1.29, 1.82) is 0 Å². The van der Waals surface area contributed by atoms with Gasteiger partial charge < -0.3 is 9.64 Å². The molecule has 0 saturated carbocycles. The van der Waals surface area contributed by atoms with E-state index in [9.17, 15) is 8.42 Å². The topological polar surface area (TPSA) is 88.5 Å². The number of hydrogen-bond acceptors (Lipinski definition) is 7. The fourth-order valence-corrected chi connectivity index (χ4v) is 5.31. The molecule has 0 amide bonds. The van der Waals surface area contributed by atoms with Crippen molar-refractivity contribution in [3.63, 3.8) is 0 Å². The van der Waals surface area contributed by atoms with Crippen molar-refractivity contribution in [3.8, 4) is 5.88 Å². The van der Waals surface area contributed by atoms with Crippen LogP contribution in [0.1, 0.15) is 49.7 Å². The van der Waals surface area contributed by atoms with Crippen LogP contribution < -0.4 is 9.64 Å². The second-order valence-corrected chi connectivity index (χ2v) is 10.8. The fraction of sp³-hybridized carbons (Fsp3) is 0.609. The third-order valence-electron chi connectivity index (χ3n) is 6.62. The molecule has 0 radical (unpaired) electrons. The van der Waals surface area contributed by atoms with Crippen LogP contribution in [0, 0.1) is 5.92 Å². The summed E-state index contributed by atoms with van der Waals surface area (Å²) in [7, 11) is -3.09. The van der Waals surface area contributed by atoms with Gasteiger partial charge in [0.15, 0.2) is 0 Å². The highest BCUT2D eigenvalue weighted by molar-refractivity contribution is 7.88. The number of hydrogen-bond donors (Lipinski definition) is 0. The van der Waals surface area contributed by atoms with E-state index in [0.717, 1.165) is 62.3 Å². The molecule has 2 fully saturated rings. The largest absolute Gasteiger partial charge is 0.477 e. The predicted molar refractivity (Wildman–Crippen MR) is 124 cm³/mol. The molecular weight excluding hydrogens is 426 g/mol. The van der Waals surface area contributed by atoms with Crippen LogP contribution in [-0.4, -0.2) is 66.7 Å². The fourth-order valence-electron chi connectivity index (χ4n) is 4.44. The van der Waals surface area contributed by atoms with Gasteiger partial charge in [-0.05, 0) is 55.1 Å². The van der Waals surface area contributed by atoms with E-state index in [1.807, 2.05) is 24.7 Å². The molecule has 2 aromatic heterocycles. The van der Waals surface area contributed by atoms with Gasteiger partial charge in [0, 0.05) is 50.8 Å². The number of anilines is 1. The molecule has 2 aliphatic rings. The van der Waals surface area contributed by atoms with Crippen molar-refractivity contribution < 1.29 is 13.2 Å². The Morgan fingerprint density at radius 1 is 0.969 bits per heavy atom. The number of nitrogens with zero attached hydrogens (tertiary/aromatic N) is 5. The zero-order chi connectivity index (χ0) is 22.6. The average molecular weight is 460 g/mol. The van der Waals surface area contributed by atoms with Crippen LogP contribution in [0.3, 0.4) is 0 Å². The van der Waals surface area contributed by atoms with Gasteiger partial charge in [-0.1, -0.05) is 13.0 Å². The molecular formula is C23H33N5O3S. The lowest BCUT2D eigenvalue weighted by molar-refractivity contribution is 0.215. The Kier molecular flexibility index (Phi) is 7.25. The second-order valence-electron chi connectivity index (χ2n) is 8.85. The van der Waals surface area contributed by atoms with Gasteiger partial charge in [0.2, 0.25) is 21.9 Å². The molecule has 4 rings (SSSR count). The van der Waals surface area contributed by atoms with E-state index in [1.165, 1.54) is 6.26 Å². The van der Waals surface area contributed by atoms with Gasteiger partial charge in [0.1, 0.15) is 0 Å². The average Bonchev–Trinajstić information content (AvgIpc) is 2.83. The molecule has 4 heterocycles. The van der Waals surface area contributed by atoms with Crippen molar-refractivity contribution in [2.45, 2.75) is 44.9 Å². The molecule has 0 N–H and O–H groups in total. The van der Waals surface area contributed by atoms with E-state index in [2.05, 4.69) is 32.8 Å². The molecule has 2 aromatic rings. The first kappa shape index (κ1) is 22.9. The number of sulfonamides is 1. The molecule has 0 atom stereocenters. The summed E-state index contributed by atoms with van der Waals surface area (Å²) < 4.78 is 30.9. The summed E-state index contributed by atoms with van der Waals surface area (Å²) in [5, 5.41) is 0. The minimum atomic E-state index is -3.09. The molecule has 0 bridgehead atoms. The summed E-state index contributed by atoms with van der Waals surface area (Å²) in [6.07, 6.45) is 11.7. The standard InChI is InChI=1S/C23H33N5O3S/c1-3-18-14-25-23(26-15-18)27-10-6-19(7-11-27)17-31-22-5-4-21(16-24-22)20-8-12-28(13-9-20)32(2,29)30/h4-5,14-16,19-20H,3,6-13,17H2,1-2H3. The zero-order valence-electron chi connectivity index (χ0n) is 19.0. The summed E-state index contributed by atoms with van der Waals surface area (Å²) in [4.78, 5) is 15.7. The lowest BCUT2D eigenvalue weighted by Gasteiger charge is -2.31. The maximum absolute atomic E-state index is 11.7. The Bertz CT molecular complexity index is 966. The van der Waals surface area contributed by atoms with Gasteiger partial charge in [-0.15, -0.1) is 0 Å². The number of rotatable bonds is 7. The summed E-state index contributed by atoms with van der Waals surface area (Å²) >= 11 is 0. The SMILES string of the molecule is CCc1cnc(N2CCC(COc3ccc(C4CCN(S(C)(=O)=O)CC4)cn3)CC2)nc1. The highest BCUT2D eigenvalue weighted by Gasteiger charge is 2.26. The quantitative estimate of drug-likeness (QED) is 0.629. The minimum absolute atomic E-state index is 0.354. The van der Waals surface area contributed by atoms with Crippen molar-refractivity contribution in [1.82, 2.24) is 19.3 Å². The number of ether oxygens (including phenoxy) is 1. The Morgan fingerprint density at radius 3 is 2.22 bits per heavy atom. The smallest absolute Gasteiger partial charge is 0.225 e. The molecule has 32 heavy (non-hydrogen) atoms. The highest BCUT2D eigenvalue weighted by atomic mass is 32.2. The molecule has 8 nitrogen and oxygen atoms in total. The van der Waals surface area contributed by atoms with E-state index in [1.54, 1.807) is 4.31 Å². The molecule has 0 aliphatic carbocycles. The van der Waals surface area contributed by atoms with Crippen LogP contribution in [0.15, 0.2) is 30.7 Å². The molecule has 0 aromatic carbocycles. The van der Waals surface area contributed by atoms with Crippen LogP contribution in [-0.2, 0) is 16.4 Å². The first-order chi connectivity index (χ1) is 15.4. The summed E-state index contributed by atoms with van der Waals surface area (Å²) in [6, 6.07) is 4.01. The number of aryl methyl sites for hydroxylation is 1. The predicted octanol–water partition coefficient (Wildman–Crippen LogP) is 2.87. The van der Waals surface area contributed by atoms with Gasteiger partial charge in [0.25, 0.3) is 0 Å². The third-order valence-corrected chi connectivity index (χ3v) is 7.92. The first-order valence-electron chi connectivity index (χ1n) is 11.5. The van der Waals surface area contributed by atoms with E-state index < -0.39 is 10.0 Å². The van der Waals surface area contributed by atoms with Gasteiger partial charge in [-0.25, -0.2) is 27.7 Å². The van der Waals surface area contributed by atoms with E-state index in [-0.39, 0.29) is 0 Å². The minimum Gasteiger partial charge on any atom is -0.477 e. The molecule has 2 saturated heterocycles. The monoisotopic (exact) mass is 459 g/mol. The van der Waals surface area contributed by atoms with Crippen molar-refractivity contribution >= 4 is 16.0 Å². The lowest BCUT2D eigenvalue weighted by atomic mass is 9.91. The number of piperidine rings is 2. The van der Waals surface area contributed by atoms with E-state index >= 15 is 0 Å². The maximum Gasteiger partial charge on any atom is 0.225 e. The molecule has 2 aliphatic heterocycles. The Hall–Kier alpha value is -2.26. The summed E-state index contributed by atoms with van der Waals surface area (Å²) in [5.74, 6) is 2.33. The Morgan fingerprint density at radius 2 is 1.66 bits per heavy atom.